The molecule has 0 aliphatic rings. The van der Waals surface area contributed by atoms with Gasteiger partial charge in [0.1, 0.15) is 5.75 Å². The molecule has 0 radical (unpaired) electrons. The third-order valence-corrected chi connectivity index (χ3v) is 2.28. The molecule has 0 spiro atoms. The monoisotopic (exact) mass is 208 g/mol. The van der Waals surface area contributed by atoms with Gasteiger partial charge in [-0.3, -0.25) is 4.79 Å². The van der Waals surface area contributed by atoms with E-state index in [9.17, 15) is 4.79 Å². The van der Waals surface area contributed by atoms with E-state index < -0.39 is 0 Å². The molecule has 3 heteroatoms. The first kappa shape index (κ1) is 11.6. The molecule has 1 aromatic carbocycles. The van der Waals surface area contributed by atoms with E-state index in [2.05, 4.69) is 4.74 Å². The Bertz CT molecular complexity index is 333. The van der Waals surface area contributed by atoms with Gasteiger partial charge in [0.2, 0.25) is 0 Å². The van der Waals surface area contributed by atoms with Crippen LogP contribution < -0.4 is 4.74 Å². The average Bonchev–Trinajstić information content (AvgIpc) is 2.28. The van der Waals surface area contributed by atoms with Crippen LogP contribution in [0.25, 0.3) is 0 Å². The first-order chi connectivity index (χ1) is 7.17. The third-order valence-electron chi connectivity index (χ3n) is 2.28. The van der Waals surface area contributed by atoms with Crippen molar-refractivity contribution in [2.24, 2.45) is 5.92 Å². The zero-order chi connectivity index (χ0) is 11.3. The largest absolute Gasteiger partial charge is 0.497 e. The maximum absolute atomic E-state index is 11.2. The molecular formula is C12H16O3. The van der Waals surface area contributed by atoms with E-state index in [1.807, 2.05) is 31.2 Å². The Morgan fingerprint density at radius 3 is 2.73 bits per heavy atom. The maximum atomic E-state index is 11.2. The number of benzene rings is 1. The second-order valence-electron chi connectivity index (χ2n) is 3.48. The first-order valence-electron chi connectivity index (χ1n) is 4.88. The fourth-order valence-corrected chi connectivity index (χ4v) is 1.44. The Morgan fingerprint density at radius 1 is 1.40 bits per heavy atom. The topological polar surface area (TPSA) is 35.5 Å². The van der Waals surface area contributed by atoms with Gasteiger partial charge in [0.05, 0.1) is 20.1 Å². The number of methoxy groups -OCH3 is 2. The average molecular weight is 208 g/mol. The molecule has 15 heavy (non-hydrogen) atoms. The molecular weight excluding hydrogens is 192 g/mol. The lowest BCUT2D eigenvalue weighted by Crippen LogP contribution is -2.15. The summed E-state index contributed by atoms with van der Waals surface area (Å²) in [6.45, 7) is 1.85. The molecule has 0 unspecified atom stereocenters. The van der Waals surface area contributed by atoms with Crippen LogP contribution in [0.5, 0.6) is 5.75 Å². The Balaban J connectivity index is 2.67. The summed E-state index contributed by atoms with van der Waals surface area (Å²) in [5.41, 5.74) is 1.08. The summed E-state index contributed by atoms with van der Waals surface area (Å²) in [6, 6.07) is 7.70. The van der Waals surface area contributed by atoms with Crippen molar-refractivity contribution in [1.82, 2.24) is 0 Å². The van der Waals surface area contributed by atoms with Crippen LogP contribution in [-0.2, 0) is 16.0 Å². The summed E-state index contributed by atoms with van der Waals surface area (Å²) in [5, 5.41) is 0. The Morgan fingerprint density at radius 2 is 2.13 bits per heavy atom. The number of esters is 1. The standard InChI is InChI=1S/C12H16O3/c1-9(12(13)15-3)7-10-5-4-6-11(8-10)14-2/h4-6,8-9H,7H2,1-3H3/t9-/m0/s1. The van der Waals surface area contributed by atoms with E-state index in [0.717, 1.165) is 11.3 Å². The van der Waals surface area contributed by atoms with E-state index in [-0.39, 0.29) is 11.9 Å². The van der Waals surface area contributed by atoms with Gasteiger partial charge in [0.25, 0.3) is 0 Å². The van der Waals surface area contributed by atoms with Gasteiger partial charge in [-0.1, -0.05) is 19.1 Å². The molecule has 0 N–H and O–H groups in total. The summed E-state index contributed by atoms with van der Waals surface area (Å²) >= 11 is 0. The summed E-state index contributed by atoms with van der Waals surface area (Å²) in [6.07, 6.45) is 0.671. The molecule has 82 valence electrons. The summed E-state index contributed by atoms with van der Waals surface area (Å²) in [7, 11) is 3.03. The first-order valence-corrected chi connectivity index (χ1v) is 4.88. The Kier molecular flexibility index (Phi) is 4.16. The van der Waals surface area contributed by atoms with Crippen LogP contribution in [0.4, 0.5) is 0 Å². The predicted molar refractivity (Wildman–Crippen MR) is 57.9 cm³/mol. The zero-order valence-electron chi connectivity index (χ0n) is 9.32. The second kappa shape index (κ2) is 5.39. The molecule has 0 fully saturated rings. The second-order valence-corrected chi connectivity index (χ2v) is 3.48. The van der Waals surface area contributed by atoms with Crippen molar-refractivity contribution in [3.8, 4) is 5.75 Å². The minimum Gasteiger partial charge on any atom is -0.497 e. The lowest BCUT2D eigenvalue weighted by molar-refractivity contribution is -0.144. The van der Waals surface area contributed by atoms with Gasteiger partial charge in [-0.2, -0.15) is 0 Å². The van der Waals surface area contributed by atoms with E-state index in [0.29, 0.717) is 6.42 Å². The number of carbonyl (C=O) groups excluding carboxylic acids is 1. The number of rotatable bonds is 4. The summed E-state index contributed by atoms with van der Waals surface area (Å²) in [4.78, 5) is 11.2. The smallest absolute Gasteiger partial charge is 0.308 e. The molecule has 0 saturated carbocycles. The third kappa shape index (κ3) is 3.27. The summed E-state index contributed by atoms with van der Waals surface area (Å²) < 4.78 is 9.78. The number of carbonyl (C=O) groups is 1. The van der Waals surface area contributed by atoms with Crippen molar-refractivity contribution in [3.05, 3.63) is 29.8 Å². The fraction of sp³-hybridized carbons (Fsp3) is 0.417. The molecule has 0 saturated heterocycles. The van der Waals surface area contributed by atoms with Gasteiger partial charge in [-0.05, 0) is 24.1 Å². The van der Waals surface area contributed by atoms with Crippen LogP contribution in [0.1, 0.15) is 12.5 Å². The highest BCUT2D eigenvalue weighted by Gasteiger charge is 2.13. The van der Waals surface area contributed by atoms with Crippen molar-refractivity contribution in [3.63, 3.8) is 0 Å². The minimum absolute atomic E-state index is 0.123. The highest BCUT2D eigenvalue weighted by Crippen LogP contribution is 2.16. The van der Waals surface area contributed by atoms with E-state index in [1.165, 1.54) is 7.11 Å². The van der Waals surface area contributed by atoms with E-state index in [4.69, 9.17) is 4.74 Å². The molecule has 0 amide bonds. The number of ether oxygens (including phenoxy) is 2. The van der Waals surface area contributed by atoms with Crippen LogP contribution >= 0.6 is 0 Å². The van der Waals surface area contributed by atoms with Gasteiger partial charge < -0.3 is 9.47 Å². The lowest BCUT2D eigenvalue weighted by Gasteiger charge is -2.09. The van der Waals surface area contributed by atoms with Crippen LogP contribution in [0.15, 0.2) is 24.3 Å². The van der Waals surface area contributed by atoms with Crippen LogP contribution in [0, 0.1) is 5.92 Å². The molecule has 0 bridgehead atoms. The minimum atomic E-state index is -0.183. The van der Waals surface area contributed by atoms with Gasteiger partial charge >= 0.3 is 5.97 Å². The molecule has 0 aliphatic heterocycles. The van der Waals surface area contributed by atoms with Crippen molar-refractivity contribution in [2.75, 3.05) is 14.2 Å². The molecule has 3 nitrogen and oxygen atoms in total. The van der Waals surface area contributed by atoms with E-state index >= 15 is 0 Å². The number of hydrogen-bond donors (Lipinski definition) is 0. The maximum Gasteiger partial charge on any atom is 0.308 e. The van der Waals surface area contributed by atoms with Crippen molar-refractivity contribution in [2.45, 2.75) is 13.3 Å². The SMILES string of the molecule is COC(=O)[C@@H](C)Cc1cccc(OC)c1. The van der Waals surface area contributed by atoms with Crippen LogP contribution in [0.2, 0.25) is 0 Å². The van der Waals surface area contributed by atoms with Crippen molar-refractivity contribution < 1.29 is 14.3 Å². The van der Waals surface area contributed by atoms with Crippen molar-refractivity contribution >= 4 is 5.97 Å². The highest BCUT2D eigenvalue weighted by atomic mass is 16.5. The normalized spacial score (nSPS) is 11.9. The van der Waals surface area contributed by atoms with Gasteiger partial charge in [0.15, 0.2) is 0 Å². The van der Waals surface area contributed by atoms with Crippen LogP contribution in [0.3, 0.4) is 0 Å². The zero-order valence-corrected chi connectivity index (χ0v) is 9.32. The molecule has 1 aromatic rings. The van der Waals surface area contributed by atoms with Crippen molar-refractivity contribution in [1.29, 1.82) is 0 Å². The van der Waals surface area contributed by atoms with Gasteiger partial charge in [-0.25, -0.2) is 0 Å². The fourth-order valence-electron chi connectivity index (χ4n) is 1.44. The summed E-state index contributed by atoms with van der Waals surface area (Å²) in [5.74, 6) is 0.504. The molecule has 1 rings (SSSR count). The molecule has 0 aliphatic carbocycles. The lowest BCUT2D eigenvalue weighted by atomic mass is 10.0. The predicted octanol–water partition coefficient (Wildman–Crippen LogP) is 2.05. The Hall–Kier alpha value is -1.51. The highest BCUT2D eigenvalue weighted by molar-refractivity contribution is 5.72. The molecule has 0 aromatic heterocycles. The van der Waals surface area contributed by atoms with Gasteiger partial charge in [-0.15, -0.1) is 0 Å². The molecule has 0 heterocycles. The van der Waals surface area contributed by atoms with E-state index in [1.54, 1.807) is 7.11 Å². The van der Waals surface area contributed by atoms with Gasteiger partial charge in [0, 0.05) is 0 Å². The van der Waals surface area contributed by atoms with Crippen LogP contribution in [-0.4, -0.2) is 20.2 Å². The number of hydrogen-bond acceptors (Lipinski definition) is 3. The molecule has 1 atom stereocenters. The quantitative estimate of drug-likeness (QED) is 0.710. The Labute approximate surface area is 90.0 Å².